The van der Waals surface area contributed by atoms with Gasteiger partial charge in [0.2, 0.25) is 0 Å². The number of benzene rings is 2. The van der Waals surface area contributed by atoms with Crippen LogP contribution in [0.25, 0.3) is 0 Å². The van der Waals surface area contributed by atoms with Crippen LogP contribution in [0.3, 0.4) is 0 Å². The predicted molar refractivity (Wildman–Crippen MR) is 106 cm³/mol. The zero-order valence-corrected chi connectivity index (χ0v) is 16.5. The standard InChI is InChI=1S/C21H23Cl2NO2/c1-13-5-6-14(2)18(10-13)20(17-8-7-16(22)11-19(17)23)24-9-3-4-15(12-24)21(25)26/h5-8,10-11,15,20H,3-4,9,12H2,1-2H3,(H,25,26). The molecule has 0 bridgehead atoms. The van der Waals surface area contributed by atoms with Crippen molar-refractivity contribution in [2.75, 3.05) is 13.1 Å². The zero-order valence-electron chi connectivity index (χ0n) is 15.0. The molecule has 3 rings (SSSR count). The van der Waals surface area contributed by atoms with Gasteiger partial charge in [0.1, 0.15) is 0 Å². The summed E-state index contributed by atoms with van der Waals surface area (Å²) in [6, 6.07) is 11.9. The number of nitrogens with zero attached hydrogens (tertiary/aromatic N) is 1. The maximum atomic E-state index is 11.6. The van der Waals surface area contributed by atoms with Crippen LogP contribution in [0.2, 0.25) is 10.0 Å². The molecule has 138 valence electrons. The molecule has 1 heterocycles. The Morgan fingerprint density at radius 1 is 1.15 bits per heavy atom. The minimum absolute atomic E-state index is 0.0817. The first kappa shape index (κ1) is 19.2. The second-order valence-corrected chi connectivity index (χ2v) is 7.94. The van der Waals surface area contributed by atoms with Crippen molar-refractivity contribution in [1.82, 2.24) is 4.90 Å². The van der Waals surface area contributed by atoms with E-state index in [-0.39, 0.29) is 12.0 Å². The molecular weight excluding hydrogens is 369 g/mol. The molecule has 1 aliphatic rings. The Bertz CT molecular complexity index is 822. The molecule has 1 aliphatic heterocycles. The minimum Gasteiger partial charge on any atom is -0.481 e. The van der Waals surface area contributed by atoms with Gasteiger partial charge < -0.3 is 5.11 Å². The average molecular weight is 392 g/mol. The van der Waals surface area contributed by atoms with Crippen molar-refractivity contribution in [2.24, 2.45) is 5.92 Å². The van der Waals surface area contributed by atoms with E-state index < -0.39 is 5.97 Å². The topological polar surface area (TPSA) is 40.5 Å². The number of likely N-dealkylation sites (tertiary alicyclic amines) is 1. The number of aryl methyl sites for hydroxylation is 2. The zero-order chi connectivity index (χ0) is 18.8. The van der Waals surface area contributed by atoms with Crippen molar-refractivity contribution in [2.45, 2.75) is 32.7 Å². The molecule has 1 fully saturated rings. The highest BCUT2D eigenvalue weighted by Crippen LogP contribution is 2.38. The lowest BCUT2D eigenvalue weighted by molar-refractivity contribution is -0.143. The highest BCUT2D eigenvalue weighted by Gasteiger charge is 2.32. The first-order valence-electron chi connectivity index (χ1n) is 8.85. The summed E-state index contributed by atoms with van der Waals surface area (Å²) in [7, 11) is 0. The van der Waals surface area contributed by atoms with Gasteiger partial charge in [-0.3, -0.25) is 9.69 Å². The van der Waals surface area contributed by atoms with Crippen molar-refractivity contribution in [3.8, 4) is 0 Å². The van der Waals surface area contributed by atoms with Crippen LogP contribution in [0, 0.1) is 19.8 Å². The van der Waals surface area contributed by atoms with E-state index in [0.29, 0.717) is 16.6 Å². The highest BCUT2D eigenvalue weighted by atomic mass is 35.5. The molecule has 2 aromatic carbocycles. The van der Waals surface area contributed by atoms with Crippen LogP contribution in [-0.4, -0.2) is 29.1 Å². The number of hydrogen-bond acceptors (Lipinski definition) is 2. The van der Waals surface area contributed by atoms with E-state index in [1.54, 1.807) is 6.07 Å². The summed E-state index contributed by atoms with van der Waals surface area (Å²) >= 11 is 12.7. The molecule has 1 saturated heterocycles. The lowest BCUT2D eigenvalue weighted by Gasteiger charge is -2.38. The van der Waals surface area contributed by atoms with Crippen molar-refractivity contribution in [3.63, 3.8) is 0 Å². The van der Waals surface area contributed by atoms with E-state index in [2.05, 4.69) is 36.9 Å². The molecule has 2 unspecified atom stereocenters. The number of carbonyl (C=O) groups is 1. The fourth-order valence-electron chi connectivity index (χ4n) is 3.78. The summed E-state index contributed by atoms with van der Waals surface area (Å²) in [5.74, 6) is -1.07. The second-order valence-electron chi connectivity index (χ2n) is 7.10. The van der Waals surface area contributed by atoms with Crippen LogP contribution < -0.4 is 0 Å². The lowest BCUT2D eigenvalue weighted by Crippen LogP contribution is -2.41. The van der Waals surface area contributed by atoms with Crippen molar-refractivity contribution in [3.05, 3.63) is 68.7 Å². The Labute approximate surface area is 164 Å². The third-order valence-corrected chi connectivity index (χ3v) is 5.72. The number of piperidine rings is 1. The van der Waals surface area contributed by atoms with Crippen molar-refractivity contribution in [1.29, 1.82) is 0 Å². The van der Waals surface area contributed by atoms with Gasteiger partial charge in [0.05, 0.1) is 12.0 Å². The Hall–Kier alpha value is -1.55. The Balaban J connectivity index is 2.10. The van der Waals surface area contributed by atoms with Crippen LogP contribution in [-0.2, 0) is 4.79 Å². The van der Waals surface area contributed by atoms with Gasteiger partial charge in [0.15, 0.2) is 0 Å². The number of aliphatic carboxylic acids is 1. The second kappa shape index (κ2) is 7.99. The fourth-order valence-corrected chi connectivity index (χ4v) is 4.29. The number of carboxylic acids is 1. The molecule has 0 amide bonds. The van der Waals surface area contributed by atoms with Crippen LogP contribution in [0.15, 0.2) is 36.4 Å². The largest absolute Gasteiger partial charge is 0.481 e. The Kier molecular flexibility index (Phi) is 5.91. The van der Waals surface area contributed by atoms with E-state index in [1.165, 1.54) is 16.7 Å². The quantitative estimate of drug-likeness (QED) is 0.747. The number of halogens is 2. The van der Waals surface area contributed by atoms with Gasteiger partial charge in [0.25, 0.3) is 0 Å². The van der Waals surface area contributed by atoms with Crippen LogP contribution in [0.1, 0.15) is 41.1 Å². The third kappa shape index (κ3) is 4.06. The summed E-state index contributed by atoms with van der Waals surface area (Å²) in [5, 5.41) is 10.7. The average Bonchev–Trinajstić information content (AvgIpc) is 2.60. The number of hydrogen-bond donors (Lipinski definition) is 1. The monoisotopic (exact) mass is 391 g/mol. The molecular formula is C21H23Cl2NO2. The molecule has 2 atom stereocenters. The molecule has 26 heavy (non-hydrogen) atoms. The van der Waals surface area contributed by atoms with Gasteiger partial charge in [-0.2, -0.15) is 0 Å². The van der Waals surface area contributed by atoms with Crippen LogP contribution in [0.4, 0.5) is 0 Å². The minimum atomic E-state index is -0.725. The van der Waals surface area contributed by atoms with Crippen LogP contribution >= 0.6 is 23.2 Å². The van der Waals surface area contributed by atoms with E-state index in [0.717, 1.165) is 24.9 Å². The van der Waals surface area contributed by atoms with Gasteiger partial charge in [-0.25, -0.2) is 0 Å². The van der Waals surface area contributed by atoms with E-state index in [9.17, 15) is 9.90 Å². The van der Waals surface area contributed by atoms with Crippen LogP contribution in [0.5, 0.6) is 0 Å². The molecule has 0 aromatic heterocycles. The first-order valence-corrected chi connectivity index (χ1v) is 9.61. The van der Waals surface area contributed by atoms with Gasteiger partial charge in [-0.1, -0.05) is 53.0 Å². The molecule has 3 nitrogen and oxygen atoms in total. The van der Waals surface area contributed by atoms with E-state index in [4.69, 9.17) is 23.2 Å². The third-order valence-electron chi connectivity index (χ3n) is 5.15. The predicted octanol–water partition coefficient (Wildman–Crippen LogP) is 5.50. The number of carboxylic acid groups (broad SMARTS) is 1. The molecule has 5 heteroatoms. The van der Waals surface area contributed by atoms with E-state index >= 15 is 0 Å². The summed E-state index contributed by atoms with van der Waals surface area (Å²) in [6.07, 6.45) is 1.59. The maximum absolute atomic E-state index is 11.6. The first-order chi connectivity index (χ1) is 12.4. The molecule has 0 aliphatic carbocycles. The SMILES string of the molecule is Cc1ccc(C)c(C(c2ccc(Cl)cc2Cl)N2CCCC(C(=O)O)C2)c1. The van der Waals surface area contributed by atoms with E-state index in [1.807, 2.05) is 12.1 Å². The highest BCUT2D eigenvalue weighted by molar-refractivity contribution is 6.35. The summed E-state index contributed by atoms with van der Waals surface area (Å²) in [4.78, 5) is 13.8. The summed E-state index contributed by atoms with van der Waals surface area (Å²) in [5.41, 5.74) is 4.48. The number of rotatable bonds is 4. The smallest absolute Gasteiger partial charge is 0.307 e. The Morgan fingerprint density at radius 2 is 1.92 bits per heavy atom. The molecule has 0 spiro atoms. The van der Waals surface area contributed by atoms with Gasteiger partial charge in [-0.15, -0.1) is 0 Å². The maximum Gasteiger partial charge on any atom is 0.307 e. The van der Waals surface area contributed by atoms with Gasteiger partial charge in [0, 0.05) is 16.6 Å². The van der Waals surface area contributed by atoms with Crippen molar-refractivity contribution < 1.29 is 9.90 Å². The van der Waals surface area contributed by atoms with Crippen molar-refractivity contribution >= 4 is 29.2 Å². The fraction of sp³-hybridized carbons (Fsp3) is 0.381. The normalized spacial score (nSPS) is 19.3. The van der Waals surface area contributed by atoms with Gasteiger partial charge in [-0.05, 0) is 62.1 Å². The molecule has 2 aromatic rings. The van der Waals surface area contributed by atoms with Gasteiger partial charge >= 0.3 is 5.97 Å². The molecule has 0 radical (unpaired) electrons. The summed E-state index contributed by atoms with van der Waals surface area (Å²) in [6.45, 7) is 5.52. The lowest BCUT2D eigenvalue weighted by atomic mass is 9.89. The molecule has 0 saturated carbocycles. The Morgan fingerprint density at radius 3 is 2.62 bits per heavy atom. The molecule has 1 N–H and O–H groups in total. The summed E-state index contributed by atoms with van der Waals surface area (Å²) < 4.78 is 0.